The first kappa shape index (κ1) is 12.6. The van der Waals surface area contributed by atoms with Gasteiger partial charge in [-0.05, 0) is 30.0 Å². The number of carbonyl (C=O) groups is 1. The van der Waals surface area contributed by atoms with E-state index in [1.54, 1.807) is 0 Å². The minimum atomic E-state index is -0.293. The molecular formula is C13H19NO2. The third-order valence-corrected chi connectivity index (χ3v) is 2.70. The van der Waals surface area contributed by atoms with E-state index in [4.69, 9.17) is 4.74 Å². The van der Waals surface area contributed by atoms with Crippen molar-refractivity contribution in [3.8, 4) is 0 Å². The van der Waals surface area contributed by atoms with Crippen LogP contribution < -0.4 is 0 Å². The molecule has 0 aliphatic heterocycles. The summed E-state index contributed by atoms with van der Waals surface area (Å²) in [5, 5.41) is 0. The highest BCUT2D eigenvalue weighted by Crippen LogP contribution is 2.26. The van der Waals surface area contributed by atoms with E-state index in [-0.39, 0.29) is 11.9 Å². The first-order valence-electron chi connectivity index (χ1n) is 5.34. The Morgan fingerprint density at radius 3 is 2.44 bits per heavy atom. The predicted octanol–water partition coefficient (Wildman–Crippen LogP) is 2.97. The van der Waals surface area contributed by atoms with Crippen molar-refractivity contribution in [3.63, 3.8) is 0 Å². The summed E-state index contributed by atoms with van der Waals surface area (Å²) in [5.41, 5.74) is 3.55. The average molecular weight is 221 g/mol. The lowest BCUT2D eigenvalue weighted by Gasteiger charge is -2.08. The van der Waals surface area contributed by atoms with Crippen LogP contribution in [0.3, 0.4) is 0 Å². The number of nitrogens with zero attached hydrogens (tertiary/aromatic N) is 1. The van der Waals surface area contributed by atoms with E-state index in [1.165, 1.54) is 7.11 Å². The summed E-state index contributed by atoms with van der Waals surface area (Å²) in [6, 6.07) is 2.01. The van der Waals surface area contributed by atoms with Gasteiger partial charge in [0.05, 0.1) is 7.11 Å². The summed E-state index contributed by atoms with van der Waals surface area (Å²) in [7, 11) is 3.27. The SMILES string of the molecule is C=C(C)c1cc(C(C)C)c(C(=O)OC)n1C. The number of hydrogen-bond donors (Lipinski definition) is 0. The molecule has 0 aliphatic carbocycles. The Balaban J connectivity index is 3.43. The van der Waals surface area contributed by atoms with Crippen molar-refractivity contribution in [1.29, 1.82) is 0 Å². The monoisotopic (exact) mass is 221 g/mol. The number of methoxy groups -OCH3 is 1. The molecule has 0 saturated carbocycles. The summed E-state index contributed by atoms with van der Waals surface area (Å²) >= 11 is 0. The van der Waals surface area contributed by atoms with E-state index in [2.05, 4.69) is 20.4 Å². The van der Waals surface area contributed by atoms with Crippen molar-refractivity contribution < 1.29 is 9.53 Å². The summed E-state index contributed by atoms with van der Waals surface area (Å²) in [6.45, 7) is 9.96. The second-order valence-electron chi connectivity index (χ2n) is 4.32. The molecule has 0 atom stereocenters. The Labute approximate surface area is 96.7 Å². The number of aromatic nitrogens is 1. The molecule has 1 heterocycles. The summed E-state index contributed by atoms with van der Waals surface area (Å²) in [4.78, 5) is 11.7. The normalized spacial score (nSPS) is 10.6. The predicted molar refractivity (Wildman–Crippen MR) is 65.5 cm³/mol. The largest absolute Gasteiger partial charge is 0.464 e. The van der Waals surface area contributed by atoms with Gasteiger partial charge < -0.3 is 9.30 Å². The van der Waals surface area contributed by atoms with Gasteiger partial charge in [-0.25, -0.2) is 4.79 Å². The van der Waals surface area contributed by atoms with Crippen LogP contribution in [0.25, 0.3) is 5.57 Å². The highest BCUT2D eigenvalue weighted by atomic mass is 16.5. The number of carbonyl (C=O) groups excluding carboxylic acids is 1. The molecule has 0 amide bonds. The molecule has 0 bridgehead atoms. The molecule has 3 heteroatoms. The average Bonchev–Trinajstić information content (AvgIpc) is 2.55. The third kappa shape index (κ3) is 2.03. The summed E-state index contributed by atoms with van der Waals surface area (Å²) < 4.78 is 6.66. The third-order valence-electron chi connectivity index (χ3n) is 2.70. The fraction of sp³-hybridized carbons (Fsp3) is 0.462. The number of ether oxygens (including phenoxy) is 1. The first-order valence-corrected chi connectivity index (χ1v) is 5.34. The molecule has 0 saturated heterocycles. The second kappa shape index (κ2) is 4.56. The smallest absolute Gasteiger partial charge is 0.354 e. The second-order valence-corrected chi connectivity index (χ2v) is 4.32. The fourth-order valence-electron chi connectivity index (χ4n) is 1.83. The quantitative estimate of drug-likeness (QED) is 0.735. The summed E-state index contributed by atoms with van der Waals surface area (Å²) in [5.74, 6) is -0.00731. The molecule has 0 radical (unpaired) electrons. The maximum absolute atomic E-state index is 11.7. The Hall–Kier alpha value is -1.51. The van der Waals surface area contributed by atoms with Gasteiger partial charge in [-0.2, -0.15) is 0 Å². The maximum Gasteiger partial charge on any atom is 0.354 e. The van der Waals surface area contributed by atoms with Gasteiger partial charge in [0.15, 0.2) is 0 Å². The molecule has 1 aromatic rings. The Kier molecular flexibility index (Phi) is 3.58. The van der Waals surface area contributed by atoms with Crippen molar-refractivity contribution in [2.24, 2.45) is 7.05 Å². The van der Waals surface area contributed by atoms with Crippen molar-refractivity contribution in [2.45, 2.75) is 26.7 Å². The molecule has 0 unspecified atom stereocenters. The van der Waals surface area contributed by atoms with Crippen LogP contribution in [0.2, 0.25) is 0 Å². The number of hydrogen-bond acceptors (Lipinski definition) is 2. The van der Waals surface area contributed by atoms with E-state index in [1.807, 2.05) is 24.6 Å². The van der Waals surface area contributed by atoms with Crippen LogP contribution >= 0.6 is 0 Å². The standard InChI is InChI=1S/C13H19NO2/c1-8(2)10-7-11(9(3)4)14(5)12(10)13(15)16-6/h7-8H,3H2,1-2,4-6H3. The van der Waals surface area contributed by atoms with Gasteiger partial charge in [0, 0.05) is 12.7 Å². The molecule has 1 rings (SSSR count). The van der Waals surface area contributed by atoms with Crippen LogP contribution in [0.1, 0.15) is 48.4 Å². The molecule has 1 aromatic heterocycles. The zero-order chi connectivity index (χ0) is 12.5. The van der Waals surface area contributed by atoms with E-state index < -0.39 is 0 Å². The van der Waals surface area contributed by atoms with Gasteiger partial charge in [-0.1, -0.05) is 20.4 Å². The highest BCUT2D eigenvalue weighted by Gasteiger charge is 2.21. The lowest BCUT2D eigenvalue weighted by molar-refractivity contribution is 0.0588. The molecule has 0 fully saturated rings. The van der Waals surface area contributed by atoms with Gasteiger partial charge >= 0.3 is 5.97 Å². The Morgan fingerprint density at radius 1 is 1.50 bits per heavy atom. The van der Waals surface area contributed by atoms with Crippen molar-refractivity contribution >= 4 is 11.5 Å². The molecule has 0 spiro atoms. The van der Waals surface area contributed by atoms with Gasteiger partial charge in [-0.3, -0.25) is 0 Å². The molecular weight excluding hydrogens is 202 g/mol. The fourth-order valence-corrected chi connectivity index (χ4v) is 1.83. The van der Waals surface area contributed by atoms with Crippen LogP contribution in [-0.2, 0) is 11.8 Å². The molecule has 3 nitrogen and oxygen atoms in total. The van der Waals surface area contributed by atoms with Crippen LogP contribution in [0, 0.1) is 0 Å². The molecule has 0 N–H and O–H groups in total. The number of esters is 1. The van der Waals surface area contributed by atoms with Crippen molar-refractivity contribution in [2.75, 3.05) is 7.11 Å². The van der Waals surface area contributed by atoms with Crippen LogP contribution in [0.5, 0.6) is 0 Å². The topological polar surface area (TPSA) is 31.2 Å². The first-order chi connectivity index (χ1) is 7.40. The van der Waals surface area contributed by atoms with Crippen molar-refractivity contribution in [3.05, 3.63) is 29.6 Å². The Bertz CT molecular complexity index is 427. The van der Waals surface area contributed by atoms with E-state index in [9.17, 15) is 4.79 Å². The highest BCUT2D eigenvalue weighted by molar-refractivity contribution is 5.90. The zero-order valence-electron chi connectivity index (χ0n) is 10.6. The molecule has 0 aliphatic rings. The lowest BCUT2D eigenvalue weighted by Crippen LogP contribution is -2.11. The van der Waals surface area contributed by atoms with Crippen LogP contribution in [0.15, 0.2) is 12.6 Å². The van der Waals surface area contributed by atoms with Gasteiger partial charge in [0.2, 0.25) is 0 Å². The molecule has 88 valence electrons. The van der Waals surface area contributed by atoms with Crippen molar-refractivity contribution in [1.82, 2.24) is 4.57 Å². The van der Waals surface area contributed by atoms with Crippen LogP contribution in [0.4, 0.5) is 0 Å². The van der Waals surface area contributed by atoms with E-state index >= 15 is 0 Å². The molecule has 0 aromatic carbocycles. The van der Waals surface area contributed by atoms with E-state index in [0.29, 0.717) is 5.69 Å². The Morgan fingerprint density at radius 2 is 2.06 bits per heavy atom. The van der Waals surface area contributed by atoms with Gasteiger partial charge in [-0.15, -0.1) is 0 Å². The number of rotatable bonds is 3. The van der Waals surface area contributed by atoms with Gasteiger partial charge in [0.25, 0.3) is 0 Å². The minimum Gasteiger partial charge on any atom is -0.464 e. The maximum atomic E-state index is 11.7. The number of allylic oxidation sites excluding steroid dienone is 1. The van der Waals surface area contributed by atoms with Gasteiger partial charge in [0.1, 0.15) is 5.69 Å². The minimum absolute atomic E-state index is 0.286. The van der Waals surface area contributed by atoms with Crippen LogP contribution in [-0.4, -0.2) is 17.6 Å². The molecule has 16 heavy (non-hydrogen) atoms. The summed E-state index contributed by atoms with van der Waals surface area (Å²) in [6.07, 6.45) is 0. The van der Waals surface area contributed by atoms with E-state index in [0.717, 1.165) is 16.8 Å². The lowest BCUT2D eigenvalue weighted by atomic mass is 10.0. The zero-order valence-corrected chi connectivity index (χ0v) is 10.6.